The summed E-state index contributed by atoms with van der Waals surface area (Å²) in [7, 11) is 0. The predicted octanol–water partition coefficient (Wildman–Crippen LogP) is 9.25. The Labute approximate surface area is 308 Å². The average Bonchev–Trinajstić information content (AvgIpc) is 3.36. The molecule has 0 aliphatic heterocycles. The maximum atomic E-state index is 12.4. The number of carbonyl (C=O) groups excluding carboxylic acids is 4. The van der Waals surface area contributed by atoms with E-state index in [-0.39, 0.29) is 6.61 Å². The summed E-state index contributed by atoms with van der Waals surface area (Å²) in [5, 5.41) is 0. The lowest BCUT2D eigenvalue weighted by atomic mass is 9.32. The zero-order valence-corrected chi connectivity index (χ0v) is 33.9. The number of esters is 4. The highest BCUT2D eigenvalue weighted by Crippen LogP contribution is 2.78. The van der Waals surface area contributed by atoms with Crippen LogP contribution in [-0.2, 0) is 38.1 Å². The van der Waals surface area contributed by atoms with Gasteiger partial charge in [0.2, 0.25) is 0 Å². The largest absolute Gasteiger partial charge is 0.462 e. The zero-order chi connectivity index (χ0) is 37.7. The van der Waals surface area contributed by atoms with Gasteiger partial charge in [0.15, 0.2) is 12.2 Å². The number of rotatable bonds is 11. The molecule has 0 radical (unpaired) electrons. The Hall–Kier alpha value is -2.12. The lowest BCUT2D eigenvalue weighted by Crippen LogP contribution is -2.65. The fourth-order valence-corrected chi connectivity index (χ4v) is 14.4. The van der Waals surface area contributed by atoms with Crippen LogP contribution in [0, 0.1) is 62.6 Å². The highest BCUT2D eigenvalue weighted by atomic mass is 16.6. The van der Waals surface area contributed by atoms with Crippen molar-refractivity contribution in [2.24, 2.45) is 62.6 Å². The van der Waals surface area contributed by atoms with Gasteiger partial charge in [-0.2, -0.15) is 0 Å². The maximum absolute atomic E-state index is 12.4. The summed E-state index contributed by atoms with van der Waals surface area (Å²) < 4.78 is 22.1. The van der Waals surface area contributed by atoms with Gasteiger partial charge in [0, 0.05) is 27.7 Å². The fourth-order valence-electron chi connectivity index (χ4n) is 14.4. The molecule has 0 heterocycles. The second kappa shape index (κ2) is 14.6. The van der Waals surface area contributed by atoms with Crippen molar-refractivity contribution in [3.63, 3.8) is 0 Å². The van der Waals surface area contributed by atoms with Crippen LogP contribution in [0.5, 0.6) is 0 Å². The third-order valence-electron chi connectivity index (χ3n) is 16.5. The molecular weight excluding hydrogens is 644 g/mol. The predicted molar refractivity (Wildman–Crippen MR) is 196 cm³/mol. The summed E-state index contributed by atoms with van der Waals surface area (Å²) in [5.41, 5.74) is 1.92. The van der Waals surface area contributed by atoms with E-state index in [1.165, 1.54) is 98.3 Å². The highest BCUT2D eigenvalue weighted by Gasteiger charge is 2.70. The maximum Gasteiger partial charge on any atom is 0.303 e. The number of fused-ring (bicyclic) bond motifs is 7. The van der Waals surface area contributed by atoms with Crippen LogP contribution in [0.2, 0.25) is 0 Å². The summed E-state index contributed by atoms with van der Waals surface area (Å²) in [6, 6.07) is 0. The molecule has 5 aliphatic carbocycles. The number of hydrogen-bond acceptors (Lipinski definition) is 8. The van der Waals surface area contributed by atoms with Crippen LogP contribution in [0.1, 0.15) is 160 Å². The summed E-state index contributed by atoms with van der Waals surface area (Å²) in [4.78, 5) is 48.3. The summed E-state index contributed by atoms with van der Waals surface area (Å²) >= 11 is 0. The minimum atomic E-state index is -1.10. The minimum absolute atomic E-state index is 0.305. The first-order valence-corrected chi connectivity index (χ1v) is 20.3. The van der Waals surface area contributed by atoms with Gasteiger partial charge in [-0.3, -0.25) is 19.2 Å². The molecule has 5 saturated carbocycles. The van der Waals surface area contributed by atoms with Crippen LogP contribution in [0.3, 0.4) is 0 Å². The third kappa shape index (κ3) is 7.25. The number of ether oxygens (including phenoxy) is 4. The van der Waals surface area contributed by atoms with E-state index >= 15 is 0 Å². The monoisotopic (exact) mass is 715 g/mol. The summed E-state index contributed by atoms with van der Waals surface area (Å²) in [6.07, 6.45) is 12.8. The van der Waals surface area contributed by atoms with E-state index in [1.54, 1.807) is 0 Å². The van der Waals surface area contributed by atoms with Crippen molar-refractivity contribution in [2.45, 2.75) is 178 Å². The molecule has 5 aliphatic rings. The van der Waals surface area contributed by atoms with Crippen LogP contribution in [0.25, 0.3) is 0 Å². The van der Waals surface area contributed by atoms with Gasteiger partial charge in [0.25, 0.3) is 0 Å². The number of hydrogen-bond donors (Lipinski definition) is 0. The summed E-state index contributed by atoms with van der Waals surface area (Å²) in [6.45, 7) is 23.0. The fraction of sp³-hybridized carbons (Fsp3) is 0.907. The Balaban J connectivity index is 1.33. The van der Waals surface area contributed by atoms with Crippen molar-refractivity contribution in [3.8, 4) is 0 Å². The van der Waals surface area contributed by atoms with Crippen molar-refractivity contribution in [1.29, 1.82) is 0 Å². The van der Waals surface area contributed by atoms with Gasteiger partial charge < -0.3 is 18.9 Å². The van der Waals surface area contributed by atoms with Crippen LogP contribution in [0.15, 0.2) is 0 Å². The number of carbonyl (C=O) groups is 4. The van der Waals surface area contributed by atoms with Gasteiger partial charge in [-0.1, -0.05) is 54.9 Å². The van der Waals surface area contributed by atoms with Gasteiger partial charge in [0.05, 0.1) is 0 Å². The minimum Gasteiger partial charge on any atom is -0.462 e. The first-order chi connectivity index (χ1) is 23.7. The quantitative estimate of drug-likeness (QED) is 0.154. The van der Waals surface area contributed by atoms with Gasteiger partial charge in [-0.25, -0.2) is 0 Å². The van der Waals surface area contributed by atoms with Crippen molar-refractivity contribution in [2.75, 3.05) is 6.61 Å². The normalized spacial score (nSPS) is 40.5. The second-order valence-electron chi connectivity index (χ2n) is 19.5. The smallest absolute Gasteiger partial charge is 0.303 e. The molecule has 5 rings (SSSR count). The molecule has 290 valence electrons. The highest BCUT2D eigenvalue weighted by molar-refractivity contribution is 5.68. The van der Waals surface area contributed by atoms with Crippen molar-refractivity contribution in [3.05, 3.63) is 0 Å². The molecule has 0 unspecified atom stereocenters. The molecular formula is C43H70O8. The van der Waals surface area contributed by atoms with E-state index in [0.29, 0.717) is 51.2 Å². The Kier molecular flexibility index (Phi) is 11.5. The topological polar surface area (TPSA) is 105 Å². The molecule has 0 aromatic carbocycles. The average molecular weight is 715 g/mol. The van der Waals surface area contributed by atoms with Crippen LogP contribution in [-0.4, -0.2) is 48.8 Å². The Morgan fingerprint density at radius 3 is 1.75 bits per heavy atom. The van der Waals surface area contributed by atoms with Crippen LogP contribution < -0.4 is 0 Å². The van der Waals surface area contributed by atoms with Crippen molar-refractivity contribution >= 4 is 23.9 Å². The molecule has 8 nitrogen and oxygen atoms in total. The van der Waals surface area contributed by atoms with Gasteiger partial charge >= 0.3 is 23.9 Å². The van der Waals surface area contributed by atoms with E-state index in [9.17, 15) is 19.2 Å². The molecule has 0 aromatic rings. The Morgan fingerprint density at radius 1 is 0.588 bits per heavy atom. The summed E-state index contributed by atoms with van der Waals surface area (Å²) in [5.74, 6) is 1.68. The molecule has 0 N–H and O–H groups in total. The van der Waals surface area contributed by atoms with Gasteiger partial charge in [-0.15, -0.1) is 0 Å². The molecule has 8 heteroatoms. The van der Waals surface area contributed by atoms with E-state index in [1.807, 2.05) is 0 Å². The third-order valence-corrected chi connectivity index (χ3v) is 16.5. The van der Waals surface area contributed by atoms with Gasteiger partial charge in [-0.05, 0) is 140 Å². The molecule has 51 heavy (non-hydrogen) atoms. The standard InChI is InChI=1S/C43H70O8/c1-26(13-14-33(49-28(3)45)38(51-30(5)47)34(50-29(4)46)25-48-27(2)44)31-17-22-40(8)32(31)18-23-42(10)36(40)15-16-37-41(9)21-12-20-39(6,7)35(41)19-24-43(37,42)11/h26,31-38H,12-25H2,1-11H3/t26-,31-,32-,33-,34-,35+,36+,37-,38-,40+,41+,42-,43-/m1/s1. The molecule has 0 saturated heterocycles. The lowest BCUT2D eigenvalue weighted by molar-refractivity contribution is -0.241. The van der Waals surface area contributed by atoms with Crippen molar-refractivity contribution < 1.29 is 38.1 Å². The zero-order valence-electron chi connectivity index (χ0n) is 33.9. The molecule has 0 bridgehead atoms. The lowest BCUT2D eigenvalue weighted by Gasteiger charge is -2.73. The Bertz CT molecular complexity index is 1320. The SMILES string of the molecule is CC(=O)OC[C@@H](OC(C)=O)[C@H](OC(C)=O)[C@@H](CC[C@@H](C)[C@H]1CC[C@@]2(C)[C@@H]1CC[C@]1(C)[C@H]2CC[C@@H]2[C@@]3(C)CCCC(C)(C)[C@@H]3CC[C@]21C)OC(C)=O. The molecule has 0 aromatic heterocycles. The molecule has 5 fully saturated rings. The first-order valence-electron chi connectivity index (χ1n) is 20.3. The Morgan fingerprint density at radius 2 is 1.16 bits per heavy atom. The van der Waals surface area contributed by atoms with Crippen LogP contribution >= 0.6 is 0 Å². The van der Waals surface area contributed by atoms with E-state index in [0.717, 1.165) is 24.2 Å². The first kappa shape index (κ1) is 40.1. The molecule has 0 spiro atoms. The van der Waals surface area contributed by atoms with E-state index < -0.39 is 42.2 Å². The van der Waals surface area contributed by atoms with Gasteiger partial charge in [0.1, 0.15) is 12.7 Å². The van der Waals surface area contributed by atoms with E-state index in [2.05, 4.69) is 48.5 Å². The molecule has 13 atom stereocenters. The van der Waals surface area contributed by atoms with E-state index in [4.69, 9.17) is 18.9 Å². The van der Waals surface area contributed by atoms with Crippen molar-refractivity contribution in [1.82, 2.24) is 0 Å². The second-order valence-corrected chi connectivity index (χ2v) is 19.5. The molecule has 0 amide bonds. The van der Waals surface area contributed by atoms with Crippen LogP contribution in [0.4, 0.5) is 0 Å².